The van der Waals surface area contributed by atoms with Gasteiger partial charge < -0.3 is 10.3 Å². The van der Waals surface area contributed by atoms with Crippen molar-refractivity contribution in [1.82, 2.24) is 14.6 Å². The van der Waals surface area contributed by atoms with Crippen molar-refractivity contribution in [2.45, 2.75) is 56.9 Å². The zero-order valence-electron chi connectivity index (χ0n) is 19.6. The Labute approximate surface area is 200 Å². The van der Waals surface area contributed by atoms with Crippen LogP contribution in [0, 0.1) is 6.92 Å². The third kappa shape index (κ3) is 5.08. The molecule has 0 bridgehead atoms. The van der Waals surface area contributed by atoms with Crippen molar-refractivity contribution in [3.63, 3.8) is 0 Å². The Bertz CT molecular complexity index is 1350. The Balaban J connectivity index is 1.62. The standard InChI is InChI=1S/C26H31N3O4S/c1-3-20-6-4-5-15-29(20)34(32,33)21-11-12-24-22(16-21)23(17-25(30)28-24)26(31)27-14-13-19-9-7-18(2)8-10-19/h7-12,16-17,20H,3-6,13-15H2,1-2H3,(H,27,31)(H,28,30). The number of amides is 1. The van der Waals surface area contributed by atoms with Crippen LogP contribution in [0.4, 0.5) is 0 Å². The van der Waals surface area contributed by atoms with E-state index in [1.807, 2.05) is 38.1 Å². The molecule has 7 nitrogen and oxygen atoms in total. The summed E-state index contributed by atoms with van der Waals surface area (Å²) in [6.45, 7) is 4.92. The molecule has 1 amide bonds. The Hall–Kier alpha value is -2.97. The fraction of sp³-hybridized carbons (Fsp3) is 0.385. The van der Waals surface area contributed by atoms with Crippen LogP contribution in [0.1, 0.15) is 54.1 Å². The molecule has 1 saturated heterocycles. The van der Waals surface area contributed by atoms with Gasteiger partial charge in [-0.3, -0.25) is 9.59 Å². The summed E-state index contributed by atoms with van der Waals surface area (Å²) in [6, 6.07) is 13.9. The van der Waals surface area contributed by atoms with E-state index in [2.05, 4.69) is 10.3 Å². The minimum atomic E-state index is -3.71. The summed E-state index contributed by atoms with van der Waals surface area (Å²) in [7, 11) is -3.71. The second-order valence-electron chi connectivity index (χ2n) is 8.92. The molecule has 8 heteroatoms. The van der Waals surface area contributed by atoms with Crippen molar-refractivity contribution in [3.05, 3.63) is 75.6 Å². The van der Waals surface area contributed by atoms with E-state index in [4.69, 9.17) is 0 Å². The molecular weight excluding hydrogens is 450 g/mol. The molecule has 1 aromatic heterocycles. The number of piperidine rings is 1. The molecule has 1 aliphatic heterocycles. The van der Waals surface area contributed by atoms with Crippen LogP contribution >= 0.6 is 0 Å². The molecule has 3 aromatic rings. The van der Waals surface area contributed by atoms with Gasteiger partial charge in [0.25, 0.3) is 5.91 Å². The lowest BCUT2D eigenvalue weighted by Gasteiger charge is -2.34. The highest BCUT2D eigenvalue weighted by Crippen LogP contribution is 2.29. The molecule has 1 aliphatic rings. The lowest BCUT2D eigenvalue weighted by atomic mass is 10.0. The number of carbonyl (C=O) groups is 1. The first-order valence-electron chi connectivity index (χ1n) is 11.8. The van der Waals surface area contributed by atoms with Gasteiger partial charge >= 0.3 is 0 Å². The van der Waals surface area contributed by atoms with Gasteiger partial charge in [0, 0.05) is 36.1 Å². The maximum absolute atomic E-state index is 13.5. The number of hydrogen-bond acceptors (Lipinski definition) is 4. The average molecular weight is 482 g/mol. The Kier molecular flexibility index (Phi) is 7.19. The first-order valence-corrected chi connectivity index (χ1v) is 13.3. The van der Waals surface area contributed by atoms with Crippen LogP contribution in [-0.2, 0) is 16.4 Å². The molecule has 180 valence electrons. The number of aromatic amines is 1. The topological polar surface area (TPSA) is 99.3 Å². The summed E-state index contributed by atoms with van der Waals surface area (Å²) in [4.78, 5) is 28.0. The third-order valence-electron chi connectivity index (χ3n) is 6.53. The summed E-state index contributed by atoms with van der Waals surface area (Å²) >= 11 is 0. The van der Waals surface area contributed by atoms with Crippen molar-refractivity contribution >= 4 is 26.8 Å². The minimum absolute atomic E-state index is 0.0189. The monoisotopic (exact) mass is 481 g/mol. The number of nitrogens with zero attached hydrogens (tertiary/aromatic N) is 1. The van der Waals surface area contributed by atoms with Gasteiger partial charge in [-0.15, -0.1) is 0 Å². The molecule has 1 fully saturated rings. The van der Waals surface area contributed by atoms with Crippen LogP contribution in [0.3, 0.4) is 0 Å². The maximum atomic E-state index is 13.5. The van der Waals surface area contributed by atoms with Crippen LogP contribution in [0.5, 0.6) is 0 Å². The van der Waals surface area contributed by atoms with E-state index in [9.17, 15) is 18.0 Å². The number of aryl methyl sites for hydroxylation is 1. The molecule has 4 rings (SSSR count). The van der Waals surface area contributed by atoms with E-state index in [1.165, 1.54) is 23.8 Å². The van der Waals surface area contributed by atoms with Crippen LogP contribution < -0.4 is 10.9 Å². The lowest BCUT2D eigenvalue weighted by Crippen LogP contribution is -2.43. The van der Waals surface area contributed by atoms with Gasteiger partial charge in [0.15, 0.2) is 0 Å². The first kappa shape index (κ1) is 24.2. The van der Waals surface area contributed by atoms with Gasteiger partial charge in [-0.1, -0.05) is 43.2 Å². The number of nitrogens with one attached hydrogen (secondary N) is 2. The van der Waals surface area contributed by atoms with Gasteiger partial charge in [-0.2, -0.15) is 4.31 Å². The van der Waals surface area contributed by atoms with Crippen molar-refractivity contribution in [1.29, 1.82) is 0 Å². The fourth-order valence-electron chi connectivity index (χ4n) is 4.59. The number of H-pyrrole nitrogens is 1. The Morgan fingerprint density at radius 2 is 1.88 bits per heavy atom. The van der Waals surface area contributed by atoms with Crippen molar-refractivity contribution in [2.24, 2.45) is 0 Å². The van der Waals surface area contributed by atoms with Crippen molar-refractivity contribution < 1.29 is 13.2 Å². The Morgan fingerprint density at radius 1 is 1.12 bits per heavy atom. The zero-order valence-corrected chi connectivity index (χ0v) is 20.5. The highest BCUT2D eigenvalue weighted by Gasteiger charge is 2.32. The Morgan fingerprint density at radius 3 is 2.62 bits per heavy atom. The van der Waals surface area contributed by atoms with E-state index in [1.54, 1.807) is 10.4 Å². The predicted molar refractivity (Wildman–Crippen MR) is 134 cm³/mol. The average Bonchev–Trinajstić information content (AvgIpc) is 2.84. The minimum Gasteiger partial charge on any atom is -0.352 e. The molecule has 2 N–H and O–H groups in total. The molecule has 2 aromatic carbocycles. The zero-order chi connectivity index (χ0) is 24.3. The molecule has 0 spiro atoms. The van der Waals surface area contributed by atoms with Gasteiger partial charge in [0.1, 0.15) is 0 Å². The smallest absolute Gasteiger partial charge is 0.252 e. The quantitative estimate of drug-likeness (QED) is 0.537. The molecule has 1 unspecified atom stereocenters. The SMILES string of the molecule is CCC1CCCCN1S(=O)(=O)c1ccc2[nH]c(=O)cc(C(=O)NCCc3ccc(C)cc3)c2c1. The summed E-state index contributed by atoms with van der Waals surface area (Å²) in [5.74, 6) is -0.401. The molecule has 0 radical (unpaired) electrons. The molecule has 0 aliphatic carbocycles. The highest BCUT2D eigenvalue weighted by molar-refractivity contribution is 7.89. The molecular formula is C26H31N3O4S. The number of aromatic nitrogens is 1. The van der Waals surface area contributed by atoms with Gasteiger partial charge in [0.2, 0.25) is 15.6 Å². The second-order valence-corrected chi connectivity index (χ2v) is 10.8. The largest absolute Gasteiger partial charge is 0.352 e. The number of hydrogen-bond donors (Lipinski definition) is 2. The van der Waals surface area contributed by atoms with E-state index >= 15 is 0 Å². The highest BCUT2D eigenvalue weighted by atomic mass is 32.2. The molecule has 0 saturated carbocycles. The first-order chi connectivity index (χ1) is 16.3. The predicted octanol–water partition coefficient (Wildman–Crippen LogP) is 3.76. The van der Waals surface area contributed by atoms with Crippen LogP contribution in [-0.4, -0.2) is 42.7 Å². The number of rotatable bonds is 7. The molecule has 1 atom stereocenters. The summed E-state index contributed by atoms with van der Waals surface area (Å²) in [6.07, 6.45) is 4.13. The number of carbonyl (C=O) groups excluding carboxylic acids is 1. The maximum Gasteiger partial charge on any atom is 0.252 e. The van der Waals surface area contributed by atoms with E-state index in [-0.39, 0.29) is 16.5 Å². The number of sulfonamides is 1. The van der Waals surface area contributed by atoms with Gasteiger partial charge in [-0.05, 0) is 56.4 Å². The van der Waals surface area contributed by atoms with Crippen molar-refractivity contribution in [3.8, 4) is 0 Å². The van der Waals surface area contributed by atoms with E-state index in [0.29, 0.717) is 30.4 Å². The summed E-state index contributed by atoms with van der Waals surface area (Å²) in [5.41, 5.74) is 2.46. The van der Waals surface area contributed by atoms with Gasteiger partial charge in [0.05, 0.1) is 10.5 Å². The molecule has 2 heterocycles. The summed E-state index contributed by atoms with van der Waals surface area (Å²) in [5, 5.41) is 3.28. The van der Waals surface area contributed by atoms with E-state index < -0.39 is 21.5 Å². The van der Waals surface area contributed by atoms with Crippen LogP contribution in [0.25, 0.3) is 10.9 Å². The van der Waals surface area contributed by atoms with Crippen LogP contribution in [0.2, 0.25) is 0 Å². The molecule has 34 heavy (non-hydrogen) atoms. The van der Waals surface area contributed by atoms with E-state index in [0.717, 1.165) is 31.2 Å². The number of pyridine rings is 1. The normalized spacial score (nSPS) is 17.1. The number of benzene rings is 2. The lowest BCUT2D eigenvalue weighted by molar-refractivity contribution is 0.0955. The summed E-state index contributed by atoms with van der Waals surface area (Å²) < 4.78 is 28.5. The fourth-order valence-corrected chi connectivity index (χ4v) is 6.38. The second kappa shape index (κ2) is 10.1. The van der Waals surface area contributed by atoms with Crippen molar-refractivity contribution in [2.75, 3.05) is 13.1 Å². The number of fused-ring (bicyclic) bond motifs is 1. The van der Waals surface area contributed by atoms with Gasteiger partial charge in [-0.25, -0.2) is 8.42 Å². The van der Waals surface area contributed by atoms with Crippen LogP contribution in [0.15, 0.2) is 58.2 Å². The third-order valence-corrected chi connectivity index (χ3v) is 8.48.